The Morgan fingerprint density at radius 3 is 2.38 bits per heavy atom. The first-order valence-electron chi connectivity index (χ1n) is 6.12. The first-order chi connectivity index (χ1) is 9.69. The van der Waals surface area contributed by atoms with Crippen LogP contribution in [0.5, 0.6) is 0 Å². The van der Waals surface area contributed by atoms with E-state index >= 15 is 0 Å². The summed E-state index contributed by atoms with van der Waals surface area (Å²) < 4.78 is 0. The Labute approximate surface area is 144 Å². The van der Waals surface area contributed by atoms with E-state index in [2.05, 4.69) is 5.32 Å². The number of rotatable bonds is 5. The van der Waals surface area contributed by atoms with E-state index in [0.29, 0.717) is 23.1 Å². The van der Waals surface area contributed by atoms with Crippen LogP contribution in [0.4, 0.5) is 5.69 Å². The van der Waals surface area contributed by atoms with Crippen molar-refractivity contribution in [3.63, 3.8) is 0 Å². The van der Waals surface area contributed by atoms with Crippen molar-refractivity contribution in [2.24, 2.45) is 0 Å². The third-order valence-corrected chi connectivity index (χ3v) is 2.72. The molecule has 101 valence electrons. The van der Waals surface area contributed by atoms with Crippen LogP contribution in [-0.2, 0) is 4.79 Å². The minimum Gasteiger partial charge on any atom is -0.326 e. The quantitative estimate of drug-likeness (QED) is 0.398. The molecule has 1 amide bonds. The number of carbonyl (C=O) groups is 3. The number of aldehydes is 1. The Balaban J connectivity index is 0.00000220. The third kappa shape index (κ3) is 5.27. The van der Waals surface area contributed by atoms with E-state index in [-0.39, 0.29) is 41.8 Å². The molecule has 0 aliphatic heterocycles. The third-order valence-electron chi connectivity index (χ3n) is 2.72. The first kappa shape index (κ1) is 17.3. The molecule has 21 heavy (non-hydrogen) atoms. The first-order valence-corrected chi connectivity index (χ1v) is 6.12. The maximum atomic E-state index is 11.9. The van der Waals surface area contributed by atoms with Crippen molar-refractivity contribution >= 4 is 53.2 Å². The largest absolute Gasteiger partial charge is 0.326 e. The van der Waals surface area contributed by atoms with Crippen molar-refractivity contribution in [1.82, 2.24) is 0 Å². The number of anilines is 1. The Bertz CT molecular complexity index is 641. The fourth-order valence-corrected chi connectivity index (χ4v) is 1.77. The minimum absolute atomic E-state index is 0. The Morgan fingerprint density at radius 2 is 1.71 bits per heavy atom. The van der Waals surface area contributed by atoms with Gasteiger partial charge in [0.2, 0.25) is 5.91 Å². The average molecular weight is 290 g/mol. The van der Waals surface area contributed by atoms with Crippen molar-refractivity contribution in [2.75, 3.05) is 5.32 Å². The summed E-state index contributed by atoms with van der Waals surface area (Å²) in [6.45, 7) is 0. The number of nitrogens with one attached hydrogen (secondary N) is 1. The van der Waals surface area contributed by atoms with Crippen LogP contribution < -0.4 is 5.32 Å². The Morgan fingerprint density at radius 1 is 1.00 bits per heavy atom. The molecular formula is C16H13NNaO3. The predicted molar refractivity (Wildman–Crippen MR) is 81.6 cm³/mol. The molecule has 2 rings (SSSR count). The van der Waals surface area contributed by atoms with E-state index in [1.54, 1.807) is 48.5 Å². The maximum Gasteiger partial charge on any atom is 0.232 e. The second-order valence-corrected chi connectivity index (χ2v) is 4.26. The zero-order valence-corrected chi connectivity index (χ0v) is 13.7. The number of Topliss-reactive ketones (excluding diaryl/α,β-unsaturated/α-hetero) is 1. The summed E-state index contributed by atoms with van der Waals surface area (Å²) in [5.74, 6) is -0.642. The Hall–Kier alpha value is -1.75. The fourth-order valence-electron chi connectivity index (χ4n) is 1.77. The topological polar surface area (TPSA) is 63.2 Å². The van der Waals surface area contributed by atoms with Gasteiger partial charge in [-0.05, 0) is 12.1 Å². The molecule has 2 aromatic carbocycles. The maximum absolute atomic E-state index is 11.9. The van der Waals surface area contributed by atoms with Crippen LogP contribution in [-0.4, -0.2) is 47.5 Å². The van der Waals surface area contributed by atoms with Crippen molar-refractivity contribution in [3.8, 4) is 0 Å². The van der Waals surface area contributed by atoms with Crippen LogP contribution in [0.1, 0.15) is 27.1 Å². The van der Waals surface area contributed by atoms with Gasteiger partial charge in [0.25, 0.3) is 0 Å². The van der Waals surface area contributed by atoms with E-state index < -0.39 is 5.91 Å². The van der Waals surface area contributed by atoms with Crippen LogP contribution >= 0.6 is 0 Å². The zero-order valence-electron chi connectivity index (χ0n) is 11.7. The summed E-state index contributed by atoms with van der Waals surface area (Å²) in [5, 5.41) is 2.60. The molecular weight excluding hydrogens is 277 g/mol. The summed E-state index contributed by atoms with van der Waals surface area (Å²) in [4.78, 5) is 34.3. The summed E-state index contributed by atoms with van der Waals surface area (Å²) >= 11 is 0. The van der Waals surface area contributed by atoms with E-state index in [4.69, 9.17) is 0 Å². The molecule has 0 atom stereocenters. The average Bonchev–Trinajstić information content (AvgIpc) is 2.48. The van der Waals surface area contributed by atoms with Gasteiger partial charge in [-0.3, -0.25) is 14.4 Å². The van der Waals surface area contributed by atoms with E-state index in [0.717, 1.165) is 0 Å². The molecule has 5 heteroatoms. The SMILES string of the molecule is O=Cc1cccc(NC(=O)CC(=O)c2ccccc2)c1.[Na]. The molecule has 0 spiro atoms. The van der Waals surface area contributed by atoms with Crippen LogP contribution in [0.2, 0.25) is 0 Å². The second kappa shape index (κ2) is 8.52. The van der Waals surface area contributed by atoms with Gasteiger partial charge in [-0.1, -0.05) is 42.5 Å². The molecule has 0 aliphatic carbocycles. The van der Waals surface area contributed by atoms with Crippen LogP contribution in [0.25, 0.3) is 0 Å². The van der Waals surface area contributed by atoms with Crippen molar-refractivity contribution in [2.45, 2.75) is 6.42 Å². The zero-order chi connectivity index (χ0) is 14.4. The molecule has 0 saturated heterocycles. The molecule has 1 N–H and O–H groups in total. The van der Waals surface area contributed by atoms with Crippen LogP contribution in [0.3, 0.4) is 0 Å². The predicted octanol–water partition coefficient (Wildman–Crippen LogP) is 2.33. The Kier molecular flexibility index (Phi) is 7.02. The summed E-state index contributed by atoms with van der Waals surface area (Å²) in [5.41, 5.74) is 1.47. The number of ketones is 1. The fraction of sp³-hybridized carbons (Fsp3) is 0.0625. The van der Waals surface area contributed by atoms with Gasteiger partial charge in [0.1, 0.15) is 6.29 Å². The van der Waals surface area contributed by atoms with Gasteiger partial charge in [0.15, 0.2) is 5.78 Å². The van der Waals surface area contributed by atoms with Crippen LogP contribution in [0.15, 0.2) is 54.6 Å². The number of benzene rings is 2. The molecule has 0 heterocycles. The molecule has 0 saturated carbocycles. The molecule has 0 bridgehead atoms. The molecule has 0 fully saturated rings. The summed E-state index contributed by atoms with van der Waals surface area (Å²) in [7, 11) is 0. The van der Waals surface area contributed by atoms with E-state index in [1.165, 1.54) is 0 Å². The normalized spacial score (nSPS) is 9.33. The number of carbonyl (C=O) groups excluding carboxylic acids is 3. The molecule has 0 unspecified atom stereocenters. The molecule has 4 nitrogen and oxygen atoms in total. The number of hydrogen-bond donors (Lipinski definition) is 1. The van der Waals surface area contributed by atoms with E-state index in [9.17, 15) is 14.4 Å². The van der Waals surface area contributed by atoms with Gasteiger partial charge in [-0.15, -0.1) is 0 Å². The molecule has 1 radical (unpaired) electrons. The van der Waals surface area contributed by atoms with Crippen molar-refractivity contribution < 1.29 is 14.4 Å². The summed E-state index contributed by atoms with van der Waals surface area (Å²) in [6, 6.07) is 15.2. The molecule has 0 aliphatic rings. The van der Waals surface area contributed by atoms with E-state index in [1.807, 2.05) is 6.07 Å². The summed E-state index contributed by atoms with van der Waals surface area (Å²) in [6.07, 6.45) is 0.472. The van der Waals surface area contributed by atoms with Gasteiger partial charge in [0.05, 0.1) is 6.42 Å². The van der Waals surface area contributed by atoms with Crippen molar-refractivity contribution in [3.05, 3.63) is 65.7 Å². The van der Waals surface area contributed by atoms with Gasteiger partial charge in [-0.2, -0.15) is 0 Å². The standard InChI is InChI=1S/C16H13NO3.Na/c18-11-12-5-4-8-14(9-12)17-16(20)10-15(19)13-6-2-1-3-7-13;/h1-9,11H,10H2,(H,17,20);. The van der Waals surface area contributed by atoms with Gasteiger partial charge in [0, 0.05) is 46.4 Å². The minimum atomic E-state index is -0.401. The van der Waals surface area contributed by atoms with Gasteiger partial charge >= 0.3 is 0 Å². The number of amides is 1. The van der Waals surface area contributed by atoms with Gasteiger partial charge < -0.3 is 5.32 Å². The number of hydrogen-bond acceptors (Lipinski definition) is 3. The van der Waals surface area contributed by atoms with Gasteiger partial charge in [-0.25, -0.2) is 0 Å². The smallest absolute Gasteiger partial charge is 0.232 e. The monoisotopic (exact) mass is 290 g/mol. The molecule has 0 aromatic heterocycles. The molecule has 2 aromatic rings. The second-order valence-electron chi connectivity index (χ2n) is 4.26. The van der Waals surface area contributed by atoms with Crippen molar-refractivity contribution in [1.29, 1.82) is 0 Å². The van der Waals surface area contributed by atoms with Crippen LogP contribution in [0, 0.1) is 0 Å².